The number of hydrogen-bond acceptors (Lipinski definition) is 3. The van der Waals surface area contributed by atoms with Crippen molar-refractivity contribution >= 4 is 32.0 Å². The third-order valence-electron chi connectivity index (χ3n) is 1.93. The highest BCUT2D eigenvalue weighted by molar-refractivity contribution is 9.10. The number of hydrogen-bond donors (Lipinski definition) is 2. The number of nitrogens with one attached hydrogen (secondary N) is 1. The lowest BCUT2D eigenvalue weighted by molar-refractivity contribution is 0.265. The van der Waals surface area contributed by atoms with Crippen molar-refractivity contribution in [2.24, 2.45) is 0 Å². The minimum atomic E-state index is -3.51. The van der Waals surface area contributed by atoms with Crippen LogP contribution in [0.1, 0.15) is 12.5 Å². The molecule has 0 aromatic heterocycles. The summed E-state index contributed by atoms with van der Waals surface area (Å²) in [5.41, 5.74) is 0.779. The van der Waals surface area contributed by atoms with Crippen LogP contribution in [0.15, 0.2) is 34.1 Å². The summed E-state index contributed by atoms with van der Waals surface area (Å²) < 4.78 is 26.3. The van der Waals surface area contributed by atoms with Crippen LogP contribution >= 0.6 is 15.9 Å². The molecule has 1 rings (SSSR count). The summed E-state index contributed by atoms with van der Waals surface area (Å²) in [4.78, 5) is 0. The molecular weight excluding hydrogens is 306 g/mol. The van der Waals surface area contributed by atoms with Crippen molar-refractivity contribution in [3.05, 3.63) is 39.7 Å². The summed E-state index contributed by atoms with van der Waals surface area (Å²) in [5.74, 6) is 0. The van der Waals surface area contributed by atoms with E-state index in [4.69, 9.17) is 5.11 Å². The maximum absolute atomic E-state index is 11.5. The van der Waals surface area contributed by atoms with E-state index >= 15 is 0 Å². The van der Waals surface area contributed by atoms with Crippen molar-refractivity contribution in [3.8, 4) is 0 Å². The van der Waals surface area contributed by atoms with Crippen LogP contribution in [0.5, 0.6) is 0 Å². The zero-order valence-electron chi connectivity index (χ0n) is 9.30. The Labute approximate surface area is 110 Å². The van der Waals surface area contributed by atoms with E-state index in [9.17, 15) is 8.42 Å². The van der Waals surface area contributed by atoms with Crippen molar-refractivity contribution in [1.29, 1.82) is 0 Å². The van der Waals surface area contributed by atoms with E-state index in [1.807, 2.05) is 18.2 Å². The largest absolute Gasteiger partial charge is 0.395 e. The average molecular weight is 320 g/mol. The molecule has 17 heavy (non-hydrogen) atoms. The van der Waals surface area contributed by atoms with Gasteiger partial charge in [-0.05, 0) is 30.7 Å². The van der Waals surface area contributed by atoms with Crippen LogP contribution < -0.4 is 4.72 Å². The van der Waals surface area contributed by atoms with Gasteiger partial charge in [-0.2, -0.15) is 0 Å². The lowest BCUT2D eigenvalue weighted by atomic mass is 10.2. The van der Waals surface area contributed by atoms with Gasteiger partial charge < -0.3 is 5.11 Å². The molecule has 0 radical (unpaired) electrons. The third-order valence-corrected chi connectivity index (χ3v) is 3.65. The molecule has 0 saturated heterocycles. The predicted molar refractivity (Wildman–Crippen MR) is 71.8 cm³/mol. The molecule has 0 unspecified atom stereocenters. The van der Waals surface area contributed by atoms with E-state index in [-0.39, 0.29) is 6.61 Å². The molecule has 1 aromatic carbocycles. The Morgan fingerprint density at radius 1 is 1.53 bits per heavy atom. The van der Waals surface area contributed by atoms with E-state index < -0.39 is 16.1 Å². The molecule has 1 aromatic rings. The van der Waals surface area contributed by atoms with Crippen molar-refractivity contribution in [2.75, 3.05) is 6.61 Å². The fraction of sp³-hybridized carbons (Fsp3) is 0.273. The van der Waals surface area contributed by atoms with E-state index in [0.29, 0.717) is 0 Å². The van der Waals surface area contributed by atoms with E-state index in [0.717, 1.165) is 15.4 Å². The first-order valence-corrected chi connectivity index (χ1v) is 7.34. The first-order valence-electron chi connectivity index (χ1n) is 5.00. The molecule has 0 bridgehead atoms. The van der Waals surface area contributed by atoms with Crippen LogP contribution in [-0.2, 0) is 10.0 Å². The highest BCUT2D eigenvalue weighted by atomic mass is 79.9. The van der Waals surface area contributed by atoms with Crippen LogP contribution in [0.25, 0.3) is 6.08 Å². The fourth-order valence-electron chi connectivity index (χ4n) is 1.14. The maximum Gasteiger partial charge on any atom is 0.234 e. The van der Waals surface area contributed by atoms with Crippen LogP contribution in [0.2, 0.25) is 0 Å². The van der Waals surface area contributed by atoms with Crippen LogP contribution in [-0.4, -0.2) is 26.2 Å². The quantitative estimate of drug-likeness (QED) is 0.868. The van der Waals surface area contributed by atoms with Gasteiger partial charge in [-0.25, -0.2) is 13.1 Å². The molecule has 0 aliphatic heterocycles. The molecule has 0 aliphatic rings. The minimum Gasteiger partial charge on any atom is -0.395 e. The molecule has 0 fully saturated rings. The SMILES string of the molecule is C[C@H](CO)NS(=O)(=O)/C=C/c1cccc(Br)c1. The first kappa shape index (κ1) is 14.4. The fourth-order valence-corrected chi connectivity index (χ4v) is 2.60. The molecule has 1 atom stereocenters. The lowest BCUT2D eigenvalue weighted by Gasteiger charge is -2.08. The average Bonchev–Trinajstić information content (AvgIpc) is 2.26. The summed E-state index contributed by atoms with van der Waals surface area (Å²) in [6, 6.07) is 6.79. The molecule has 0 saturated carbocycles. The Bertz CT molecular complexity index is 499. The predicted octanol–water partition coefficient (Wildman–Crippen LogP) is 1.72. The van der Waals surface area contributed by atoms with Crippen LogP contribution in [0.3, 0.4) is 0 Å². The monoisotopic (exact) mass is 319 g/mol. The molecule has 0 aliphatic carbocycles. The highest BCUT2D eigenvalue weighted by Crippen LogP contribution is 2.13. The zero-order chi connectivity index (χ0) is 12.9. The van der Waals surface area contributed by atoms with Gasteiger partial charge in [0.05, 0.1) is 6.61 Å². The van der Waals surface area contributed by atoms with Gasteiger partial charge in [-0.1, -0.05) is 28.1 Å². The Morgan fingerprint density at radius 3 is 2.82 bits per heavy atom. The van der Waals surface area contributed by atoms with Crippen LogP contribution in [0.4, 0.5) is 0 Å². The highest BCUT2D eigenvalue weighted by Gasteiger charge is 2.09. The van der Waals surface area contributed by atoms with Gasteiger partial charge in [0, 0.05) is 15.9 Å². The lowest BCUT2D eigenvalue weighted by Crippen LogP contribution is -2.33. The molecule has 0 amide bonds. The second kappa shape index (κ2) is 6.30. The molecular formula is C11H14BrNO3S. The molecule has 6 heteroatoms. The summed E-state index contributed by atoms with van der Waals surface area (Å²) in [5, 5.41) is 9.85. The third kappa shape index (κ3) is 5.45. The van der Waals surface area contributed by atoms with Crippen LogP contribution in [0, 0.1) is 0 Å². The standard InChI is InChI=1S/C11H14BrNO3S/c1-9(8-14)13-17(15,16)6-5-10-3-2-4-11(12)7-10/h2-7,9,13-14H,8H2,1H3/b6-5+/t9-/m1/s1. The van der Waals surface area contributed by atoms with Gasteiger partial charge in [0.15, 0.2) is 0 Å². The molecule has 94 valence electrons. The van der Waals surface area contributed by atoms with Crippen molar-refractivity contribution < 1.29 is 13.5 Å². The molecule has 0 spiro atoms. The van der Waals surface area contributed by atoms with Gasteiger partial charge in [0.1, 0.15) is 0 Å². The number of benzene rings is 1. The Morgan fingerprint density at radius 2 is 2.24 bits per heavy atom. The van der Waals surface area contributed by atoms with E-state index in [2.05, 4.69) is 20.7 Å². The van der Waals surface area contributed by atoms with Gasteiger partial charge in [0.2, 0.25) is 10.0 Å². The van der Waals surface area contributed by atoms with E-state index in [1.54, 1.807) is 13.0 Å². The first-order chi connectivity index (χ1) is 7.93. The number of aliphatic hydroxyl groups excluding tert-OH is 1. The number of rotatable bonds is 5. The molecule has 4 nitrogen and oxygen atoms in total. The van der Waals surface area contributed by atoms with E-state index in [1.165, 1.54) is 6.08 Å². The summed E-state index contributed by atoms with van der Waals surface area (Å²) >= 11 is 3.30. The normalized spacial score (nSPS) is 14.1. The number of sulfonamides is 1. The van der Waals surface area contributed by atoms with Gasteiger partial charge in [-0.3, -0.25) is 0 Å². The molecule has 2 N–H and O–H groups in total. The van der Waals surface area contributed by atoms with Gasteiger partial charge >= 0.3 is 0 Å². The topological polar surface area (TPSA) is 66.4 Å². The summed E-state index contributed by atoms with van der Waals surface area (Å²) in [6.07, 6.45) is 1.50. The summed E-state index contributed by atoms with van der Waals surface area (Å²) in [7, 11) is -3.51. The second-order valence-corrected chi connectivity index (χ2v) is 6.12. The van der Waals surface area contributed by atoms with Crippen molar-refractivity contribution in [1.82, 2.24) is 4.72 Å². The van der Waals surface area contributed by atoms with Gasteiger partial charge in [-0.15, -0.1) is 0 Å². The maximum atomic E-state index is 11.5. The smallest absolute Gasteiger partial charge is 0.234 e. The Balaban J connectivity index is 2.77. The minimum absolute atomic E-state index is 0.232. The zero-order valence-corrected chi connectivity index (χ0v) is 11.7. The summed E-state index contributed by atoms with van der Waals surface area (Å²) in [6.45, 7) is 1.36. The van der Waals surface area contributed by atoms with Crippen molar-refractivity contribution in [2.45, 2.75) is 13.0 Å². The second-order valence-electron chi connectivity index (χ2n) is 3.60. The van der Waals surface area contributed by atoms with Crippen molar-refractivity contribution in [3.63, 3.8) is 0 Å². The molecule has 0 heterocycles. The number of aliphatic hydroxyl groups is 1. The Kier molecular flexibility index (Phi) is 5.32. The van der Waals surface area contributed by atoms with Gasteiger partial charge in [0.25, 0.3) is 0 Å². The Hall–Kier alpha value is -0.690. The number of halogens is 1.